The standard InChI is InChI=1S/C18H33N2OS/c1-9-20(7,8)16-12-10-15(11-13-16)19-22(21)18(5,6)14-17(2,3)4/h10-13,19H,9,14H2,1-8H3/q+1. The average Bonchev–Trinajstić information content (AvgIpc) is 2.36. The van der Waals surface area contributed by atoms with Crippen LogP contribution in [-0.4, -0.2) is 29.6 Å². The van der Waals surface area contributed by atoms with Crippen LogP contribution in [-0.2, 0) is 11.0 Å². The second-order valence-electron chi connectivity index (χ2n) is 8.42. The summed E-state index contributed by atoms with van der Waals surface area (Å²) in [6, 6.07) is 8.27. The van der Waals surface area contributed by atoms with Crippen LogP contribution in [0.1, 0.15) is 48.0 Å². The maximum Gasteiger partial charge on any atom is 0.132 e. The number of benzene rings is 1. The van der Waals surface area contributed by atoms with Gasteiger partial charge < -0.3 is 4.72 Å². The maximum absolute atomic E-state index is 12.6. The van der Waals surface area contributed by atoms with Gasteiger partial charge in [0.15, 0.2) is 0 Å². The molecule has 0 saturated heterocycles. The first-order valence-corrected chi connectivity index (χ1v) is 9.14. The van der Waals surface area contributed by atoms with Crippen LogP contribution in [0.3, 0.4) is 0 Å². The summed E-state index contributed by atoms with van der Waals surface area (Å²) < 4.78 is 16.4. The van der Waals surface area contributed by atoms with Crippen molar-refractivity contribution in [1.82, 2.24) is 4.48 Å². The number of nitrogens with one attached hydrogen (secondary N) is 1. The van der Waals surface area contributed by atoms with E-state index in [4.69, 9.17) is 0 Å². The van der Waals surface area contributed by atoms with Crippen molar-refractivity contribution in [1.29, 1.82) is 0 Å². The second kappa shape index (κ2) is 6.71. The van der Waals surface area contributed by atoms with Crippen LogP contribution in [0.2, 0.25) is 0 Å². The smallest absolute Gasteiger partial charge is 0.132 e. The third-order valence-electron chi connectivity index (χ3n) is 4.03. The Labute approximate surface area is 139 Å². The number of nitrogens with zero attached hydrogens (tertiary/aromatic N) is 1. The summed E-state index contributed by atoms with van der Waals surface area (Å²) in [6.07, 6.45) is 0.900. The lowest BCUT2D eigenvalue weighted by molar-refractivity contribution is 0.335. The molecule has 0 aliphatic rings. The highest BCUT2D eigenvalue weighted by molar-refractivity contribution is 7.87. The second-order valence-corrected chi connectivity index (χ2v) is 10.3. The molecular formula is C18H33N2OS+. The molecule has 0 amide bonds. The zero-order chi connectivity index (χ0) is 17.2. The van der Waals surface area contributed by atoms with Gasteiger partial charge in [-0.2, -0.15) is 0 Å². The quantitative estimate of drug-likeness (QED) is 0.763. The predicted molar refractivity (Wildman–Crippen MR) is 101 cm³/mol. The molecule has 0 aliphatic heterocycles. The first-order chi connectivity index (χ1) is 9.87. The lowest BCUT2D eigenvalue weighted by Crippen LogP contribution is -2.39. The SMILES string of the molecule is CC[N+](C)(C)c1ccc(NS(=O)C(C)(C)CC(C)(C)C)cc1. The monoisotopic (exact) mass is 325 g/mol. The maximum atomic E-state index is 12.6. The molecule has 0 spiro atoms. The van der Waals surface area contributed by atoms with Gasteiger partial charge in [-0.25, -0.2) is 4.21 Å². The van der Waals surface area contributed by atoms with Gasteiger partial charge >= 0.3 is 0 Å². The van der Waals surface area contributed by atoms with Crippen LogP contribution >= 0.6 is 0 Å². The molecule has 3 nitrogen and oxygen atoms in total. The lowest BCUT2D eigenvalue weighted by Gasteiger charge is -2.31. The summed E-state index contributed by atoms with van der Waals surface area (Å²) in [6.45, 7) is 13.9. The number of hydrogen-bond acceptors (Lipinski definition) is 1. The van der Waals surface area contributed by atoms with E-state index in [-0.39, 0.29) is 10.2 Å². The number of hydrogen-bond donors (Lipinski definition) is 1. The number of anilines is 1. The molecule has 1 aromatic rings. The van der Waals surface area contributed by atoms with Crippen molar-refractivity contribution >= 4 is 22.4 Å². The van der Waals surface area contributed by atoms with E-state index >= 15 is 0 Å². The Balaban J connectivity index is 2.81. The van der Waals surface area contributed by atoms with Crippen LogP contribution in [0.15, 0.2) is 24.3 Å². The minimum atomic E-state index is -1.11. The highest BCUT2D eigenvalue weighted by Gasteiger charge is 2.31. The molecule has 126 valence electrons. The third-order valence-corrected chi connectivity index (χ3v) is 5.59. The normalized spacial score (nSPS) is 14.7. The van der Waals surface area contributed by atoms with Crippen LogP contribution in [0.25, 0.3) is 0 Å². The molecule has 1 unspecified atom stereocenters. The Morgan fingerprint density at radius 3 is 1.95 bits per heavy atom. The van der Waals surface area contributed by atoms with E-state index in [9.17, 15) is 4.21 Å². The zero-order valence-corrected chi connectivity index (χ0v) is 16.3. The van der Waals surface area contributed by atoms with E-state index < -0.39 is 11.0 Å². The van der Waals surface area contributed by atoms with Crippen LogP contribution in [0.5, 0.6) is 0 Å². The topological polar surface area (TPSA) is 29.1 Å². The molecule has 0 aromatic heterocycles. The summed E-state index contributed by atoms with van der Waals surface area (Å²) >= 11 is 0. The Kier molecular flexibility index (Phi) is 5.85. The largest absolute Gasteiger partial charge is 0.305 e. The molecule has 1 atom stereocenters. The van der Waals surface area contributed by atoms with Gasteiger partial charge in [-0.15, -0.1) is 0 Å². The van der Waals surface area contributed by atoms with Gasteiger partial charge in [-0.3, -0.25) is 4.48 Å². The lowest BCUT2D eigenvalue weighted by atomic mass is 9.86. The van der Waals surface area contributed by atoms with Crippen molar-refractivity contribution in [3.8, 4) is 0 Å². The van der Waals surface area contributed by atoms with E-state index in [0.717, 1.165) is 23.1 Å². The molecule has 0 bridgehead atoms. The van der Waals surface area contributed by atoms with Gasteiger partial charge in [-0.1, -0.05) is 20.8 Å². The number of rotatable bonds is 6. The highest BCUT2D eigenvalue weighted by atomic mass is 32.2. The van der Waals surface area contributed by atoms with Crippen molar-refractivity contribution < 1.29 is 4.21 Å². The van der Waals surface area contributed by atoms with Crippen molar-refractivity contribution in [2.45, 2.75) is 52.7 Å². The molecule has 0 heterocycles. The Hall–Kier alpha value is -0.870. The summed E-state index contributed by atoms with van der Waals surface area (Å²) in [5.74, 6) is 0. The van der Waals surface area contributed by atoms with Gasteiger partial charge in [0, 0.05) is 17.8 Å². The fraction of sp³-hybridized carbons (Fsp3) is 0.667. The van der Waals surface area contributed by atoms with Crippen molar-refractivity contribution in [3.05, 3.63) is 24.3 Å². The summed E-state index contributed by atoms with van der Waals surface area (Å²) in [5.41, 5.74) is 2.33. The minimum absolute atomic E-state index is 0.160. The van der Waals surface area contributed by atoms with E-state index in [1.807, 2.05) is 12.1 Å². The third kappa shape index (κ3) is 5.40. The van der Waals surface area contributed by atoms with E-state index in [2.05, 4.69) is 72.5 Å². The predicted octanol–water partition coefficient (Wildman–Crippen LogP) is 4.56. The molecule has 0 saturated carbocycles. The first kappa shape index (κ1) is 19.2. The van der Waals surface area contributed by atoms with Crippen LogP contribution < -0.4 is 9.21 Å². The van der Waals surface area contributed by atoms with Crippen LogP contribution in [0.4, 0.5) is 11.4 Å². The molecule has 0 aliphatic carbocycles. The van der Waals surface area contributed by atoms with Crippen molar-refractivity contribution in [2.75, 3.05) is 25.4 Å². The fourth-order valence-corrected chi connectivity index (χ4v) is 3.89. The number of quaternary nitrogens is 1. The van der Waals surface area contributed by atoms with E-state index in [1.54, 1.807) is 0 Å². The van der Waals surface area contributed by atoms with Crippen molar-refractivity contribution in [3.63, 3.8) is 0 Å². The molecule has 1 rings (SSSR count). The van der Waals surface area contributed by atoms with Gasteiger partial charge in [0.05, 0.1) is 25.4 Å². The van der Waals surface area contributed by atoms with Crippen LogP contribution in [0, 0.1) is 5.41 Å². The molecule has 4 heteroatoms. The molecule has 1 aromatic carbocycles. The van der Waals surface area contributed by atoms with Crippen molar-refractivity contribution in [2.24, 2.45) is 5.41 Å². The average molecular weight is 326 g/mol. The van der Waals surface area contributed by atoms with Gasteiger partial charge in [0.2, 0.25) is 0 Å². The molecule has 0 radical (unpaired) electrons. The Morgan fingerprint density at radius 1 is 1.05 bits per heavy atom. The molecule has 22 heavy (non-hydrogen) atoms. The Bertz CT molecular complexity index is 513. The summed E-state index contributed by atoms with van der Waals surface area (Å²) in [5, 5.41) is 0. The fourth-order valence-electron chi connectivity index (χ4n) is 2.70. The molecule has 1 N–H and O–H groups in total. The van der Waals surface area contributed by atoms with Gasteiger partial charge in [-0.05, 0) is 44.7 Å². The summed E-state index contributed by atoms with van der Waals surface area (Å²) in [4.78, 5) is 0. The van der Waals surface area contributed by atoms with E-state index in [1.165, 1.54) is 5.69 Å². The van der Waals surface area contributed by atoms with Gasteiger partial charge in [0.25, 0.3) is 0 Å². The first-order valence-electron chi connectivity index (χ1n) is 7.99. The molecule has 0 fully saturated rings. The highest BCUT2D eigenvalue weighted by Crippen LogP contribution is 2.31. The van der Waals surface area contributed by atoms with Gasteiger partial charge in [0.1, 0.15) is 16.7 Å². The molecular weight excluding hydrogens is 292 g/mol. The van der Waals surface area contributed by atoms with E-state index in [0.29, 0.717) is 0 Å². The minimum Gasteiger partial charge on any atom is -0.305 e. The Morgan fingerprint density at radius 2 is 1.55 bits per heavy atom. The zero-order valence-electron chi connectivity index (χ0n) is 15.5. The summed E-state index contributed by atoms with van der Waals surface area (Å²) in [7, 11) is 3.26.